The first-order chi connectivity index (χ1) is 26.3. The highest BCUT2D eigenvalue weighted by molar-refractivity contribution is 6.67. The van der Waals surface area contributed by atoms with E-state index < -0.39 is 52.3 Å². The Kier molecular flexibility index (Phi) is 17.3. The highest BCUT2D eigenvalue weighted by atomic mass is 35.5. The average Bonchev–Trinajstić information content (AvgIpc) is 3.05. The summed E-state index contributed by atoms with van der Waals surface area (Å²) in [4.78, 5) is 47.4. The van der Waals surface area contributed by atoms with E-state index in [2.05, 4.69) is 5.32 Å². The lowest BCUT2D eigenvalue weighted by molar-refractivity contribution is -0.175. The molecule has 2 aromatic rings. The molecule has 0 bridgehead atoms. The van der Waals surface area contributed by atoms with Crippen LogP contribution >= 0.6 is 24.0 Å². The minimum atomic E-state index is -4.95. The first kappa shape index (κ1) is 54.3. The number of halogens is 8. The minimum Gasteiger partial charge on any atom is -0.507 e. The number of alkyl halides is 6. The summed E-state index contributed by atoms with van der Waals surface area (Å²) in [6.07, 6.45) is -9.72. The number of aromatic hydroxyl groups is 2. The van der Waals surface area contributed by atoms with Gasteiger partial charge in [-0.2, -0.15) is 26.3 Å². The highest BCUT2D eigenvalue weighted by Gasteiger charge is 2.46. The average molecular weight is 902 g/mol. The lowest BCUT2D eigenvalue weighted by Gasteiger charge is -2.46. The Labute approximate surface area is 360 Å². The van der Waals surface area contributed by atoms with Crippen molar-refractivity contribution in [3.63, 3.8) is 0 Å². The van der Waals surface area contributed by atoms with E-state index in [9.17, 15) is 55.7 Å². The van der Waals surface area contributed by atoms with Crippen LogP contribution in [-0.2, 0) is 31.2 Å². The van der Waals surface area contributed by atoms with Crippen molar-refractivity contribution in [2.45, 2.75) is 155 Å². The Balaban J connectivity index is 0.000000494. The molecule has 4 rings (SSSR count). The van der Waals surface area contributed by atoms with Crippen LogP contribution in [0.2, 0.25) is 0 Å². The topological polar surface area (TPSA) is 148 Å². The van der Waals surface area contributed by atoms with E-state index in [1.54, 1.807) is 38.1 Å². The fourth-order valence-electron chi connectivity index (χ4n) is 6.15. The molecule has 0 spiro atoms. The summed E-state index contributed by atoms with van der Waals surface area (Å²) in [7, 11) is 0. The van der Waals surface area contributed by atoms with Crippen molar-refractivity contribution < 1.29 is 55.7 Å². The van der Waals surface area contributed by atoms with Crippen molar-refractivity contribution in [1.29, 1.82) is 0 Å². The number of likely N-dealkylation sites (tertiary alicyclic amines) is 1. The number of carbonyl (C=O) groups excluding carboxylic acids is 4. The van der Waals surface area contributed by atoms with Gasteiger partial charge < -0.3 is 31.1 Å². The molecule has 2 heterocycles. The van der Waals surface area contributed by atoms with Crippen LogP contribution in [0.5, 0.6) is 11.5 Å². The minimum absolute atomic E-state index is 0. The molecule has 2 aliphatic heterocycles. The van der Waals surface area contributed by atoms with Gasteiger partial charge >= 0.3 is 24.2 Å². The van der Waals surface area contributed by atoms with E-state index in [1.165, 1.54) is 4.90 Å². The van der Waals surface area contributed by atoms with Gasteiger partial charge in [0.15, 0.2) is 0 Å². The second-order valence-electron chi connectivity index (χ2n) is 19.2. The summed E-state index contributed by atoms with van der Waals surface area (Å²) in [5, 5.41) is 27.3. The van der Waals surface area contributed by atoms with Crippen molar-refractivity contribution in [2.24, 2.45) is 0 Å². The molecular formula is C42H60Cl2F6N4O6. The molecule has 2 fully saturated rings. The summed E-state index contributed by atoms with van der Waals surface area (Å²) in [6.45, 7) is 27.3. The van der Waals surface area contributed by atoms with Gasteiger partial charge in [0.1, 0.15) is 11.5 Å². The van der Waals surface area contributed by atoms with E-state index in [4.69, 9.17) is 11.6 Å². The number of nitrogens with zero attached hydrogens (tertiary/aromatic N) is 1. The maximum Gasteiger partial charge on any atom is 0.471 e. The Morgan fingerprint density at radius 1 is 0.633 bits per heavy atom. The fourth-order valence-corrected chi connectivity index (χ4v) is 6.26. The first-order valence-electron chi connectivity index (χ1n) is 19.1. The van der Waals surface area contributed by atoms with Crippen molar-refractivity contribution in [1.82, 2.24) is 20.9 Å². The highest BCUT2D eigenvalue weighted by Crippen LogP contribution is 2.41. The van der Waals surface area contributed by atoms with Crippen LogP contribution in [0, 0.1) is 0 Å². The standard InChI is InChI=1S/C21H29F3N2O3.C15H21ClO2.C6H9F3N2O.ClH/c1-11-15(25-18(29)21(22,23)24)10-26(11)17(28)12-8-13(19(2,3)4)16(27)14(9-12)20(5,6)7;1-14(2,3)10-7-9(13(16)18)8-11(12(10)17)15(4,5)6;1-3-4(2-10-3)11-5(12)6(7,8)9;/h8-9,11,15,27H,10H2,1-7H3,(H,25,29);7-8,17H,1-6H3;3-4,10H,2H2,1H3,(H,11,12);1H/t11-,15+;;3-,4+;/m0.0./s1. The van der Waals surface area contributed by atoms with Crippen molar-refractivity contribution in [2.75, 3.05) is 13.1 Å². The summed E-state index contributed by atoms with van der Waals surface area (Å²) in [6, 6.07) is 4.85. The maximum absolute atomic E-state index is 13.0. The van der Waals surface area contributed by atoms with Crippen LogP contribution in [0.15, 0.2) is 24.3 Å². The number of phenols is 2. The molecule has 18 heteroatoms. The zero-order valence-electron chi connectivity index (χ0n) is 36.6. The summed E-state index contributed by atoms with van der Waals surface area (Å²) in [5.74, 6) is -3.80. The second-order valence-corrected chi connectivity index (χ2v) is 19.5. The predicted molar refractivity (Wildman–Crippen MR) is 222 cm³/mol. The van der Waals surface area contributed by atoms with E-state index in [-0.39, 0.29) is 59.3 Å². The smallest absolute Gasteiger partial charge is 0.471 e. The van der Waals surface area contributed by atoms with E-state index in [0.717, 1.165) is 11.1 Å². The van der Waals surface area contributed by atoms with Crippen LogP contribution in [0.1, 0.15) is 140 Å². The third-order valence-corrected chi connectivity index (χ3v) is 10.3. The number of benzene rings is 2. The molecule has 10 nitrogen and oxygen atoms in total. The summed E-state index contributed by atoms with van der Waals surface area (Å²) < 4.78 is 72.3. The van der Waals surface area contributed by atoms with Gasteiger partial charge in [-0.05, 0) is 71.4 Å². The molecule has 5 N–H and O–H groups in total. The molecule has 3 amide bonds. The largest absolute Gasteiger partial charge is 0.507 e. The zero-order chi connectivity index (χ0) is 46.2. The molecule has 0 aromatic heterocycles. The van der Waals surface area contributed by atoms with Gasteiger partial charge in [0.25, 0.3) is 11.1 Å². The lowest BCUT2D eigenvalue weighted by atomic mass is 9.78. The number of nitrogens with one attached hydrogen (secondary N) is 3. The van der Waals surface area contributed by atoms with Crippen molar-refractivity contribution in [3.05, 3.63) is 57.6 Å². The van der Waals surface area contributed by atoms with Crippen LogP contribution in [0.4, 0.5) is 26.3 Å². The van der Waals surface area contributed by atoms with E-state index in [0.29, 0.717) is 28.8 Å². The number of rotatable bonds is 4. The predicted octanol–water partition coefficient (Wildman–Crippen LogP) is 8.69. The number of amides is 3. The van der Waals surface area contributed by atoms with E-state index >= 15 is 0 Å². The van der Waals surface area contributed by atoms with E-state index in [1.807, 2.05) is 93.7 Å². The number of carbonyl (C=O) groups is 4. The third kappa shape index (κ3) is 13.9. The van der Waals surface area contributed by atoms with Crippen LogP contribution in [0.3, 0.4) is 0 Å². The van der Waals surface area contributed by atoms with Gasteiger partial charge in [-0.15, -0.1) is 12.4 Å². The second kappa shape index (κ2) is 19.1. The Bertz CT molecular complexity index is 1820. The SMILES string of the molecule is CC(C)(C)c1cc(C(=O)Cl)cc(C(C)(C)C)c1O.C[C@@H]1NC[C@H]1NC(=O)C(F)(F)F.C[C@H]1[C@H](NC(=O)C(F)(F)F)CN1C(=O)c1cc(C(C)(C)C)c(O)c(C(C)(C)C)c1.Cl. The van der Waals surface area contributed by atoms with Gasteiger partial charge in [0.05, 0.1) is 18.1 Å². The lowest BCUT2D eigenvalue weighted by Crippen LogP contribution is -2.68. The molecule has 0 radical (unpaired) electrons. The van der Waals surface area contributed by atoms with Crippen molar-refractivity contribution >= 4 is 47.0 Å². The Hall–Kier alpha value is -3.76. The molecule has 4 atom stereocenters. The molecule has 2 aliphatic rings. The molecule has 2 aromatic carbocycles. The van der Waals surface area contributed by atoms with Crippen LogP contribution < -0.4 is 16.0 Å². The normalized spacial score (nSPS) is 19.4. The molecule has 2 saturated heterocycles. The number of hydrogen-bond donors (Lipinski definition) is 5. The van der Waals surface area contributed by atoms with Gasteiger partial charge in [-0.3, -0.25) is 19.2 Å². The molecule has 0 aliphatic carbocycles. The van der Waals surface area contributed by atoms with Gasteiger partial charge in [0, 0.05) is 52.5 Å². The molecule has 0 saturated carbocycles. The monoisotopic (exact) mass is 900 g/mol. The van der Waals surface area contributed by atoms with Crippen molar-refractivity contribution in [3.8, 4) is 11.5 Å². The molecule has 340 valence electrons. The quantitative estimate of drug-likeness (QED) is 0.152. The number of phenolic OH excluding ortho intramolecular Hbond substituents is 2. The zero-order valence-corrected chi connectivity index (χ0v) is 38.1. The van der Waals surface area contributed by atoms with Crippen LogP contribution in [-0.4, -0.2) is 87.7 Å². The Morgan fingerprint density at radius 2 is 0.950 bits per heavy atom. The molecule has 0 unspecified atom stereocenters. The maximum atomic E-state index is 13.0. The fraction of sp³-hybridized carbons (Fsp3) is 0.619. The molecular weight excluding hydrogens is 841 g/mol. The molecule has 60 heavy (non-hydrogen) atoms. The van der Waals surface area contributed by atoms with Gasteiger partial charge in [-0.1, -0.05) is 83.1 Å². The number of hydrogen-bond acceptors (Lipinski definition) is 7. The summed E-state index contributed by atoms with van der Waals surface area (Å²) >= 11 is 5.58. The third-order valence-electron chi connectivity index (χ3n) is 10.1. The van der Waals surface area contributed by atoms with Gasteiger partial charge in [-0.25, -0.2) is 0 Å². The van der Waals surface area contributed by atoms with Gasteiger partial charge in [0.2, 0.25) is 0 Å². The Morgan fingerprint density at radius 3 is 1.18 bits per heavy atom. The first-order valence-corrected chi connectivity index (χ1v) is 19.4. The summed E-state index contributed by atoms with van der Waals surface area (Å²) in [5.41, 5.74) is 2.24. The van der Waals surface area contributed by atoms with Crippen LogP contribution in [0.25, 0.3) is 0 Å².